The van der Waals surface area contributed by atoms with Gasteiger partial charge in [0.15, 0.2) is 0 Å². The molecule has 1 aromatic carbocycles. The van der Waals surface area contributed by atoms with Crippen LogP contribution in [0.2, 0.25) is 0 Å². The van der Waals surface area contributed by atoms with Crippen molar-refractivity contribution in [1.29, 1.82) is 0 Å². The van der Waals surface area contributed by atoms with Gasteiger partial charge < -0.3 is 10.4 Å². The lowest BCUT2D eigenvalue weighted by Crippen LogP contribution is -2.25. The molecule has 1 amide bonds. The van der Waals surface area contributed by atoms with E-state index >= 15 is 0 Å². The Hall–Kier alpha value is -2.27. The van der Waals surface area contributed by atoms with Crippen LogP contribution < -0.4 is 5.32 Å². The van der Waals surface area contributed by atoms with Crippen LogP contribution >= 0.6 is 0 Å². The molecule has 0 radical (unpaired) electrons. The monoisotopic (exact) mass is 274 g/mol. The molecule has 2 N–H and O–H groups in total. The Bertz CT molecular complexity index is 575. The molecule has 1 unspecified atom stereocenters. The summed E-state index contributed by atoms with van der Waals surface area (Å²) in [5, 5.41) is 12.6. The van der Waals surface area contributed by atoms with Gasteiger partial charge in [-0.15, -0.1) is 0 Å². The molecule has 0 saturated heterocycles. The first kappa shape index (κ1) is 14.1. The molecule has 0 aliphatic heterocycles. The Morgan fingerprint density at radius 1 is 1.30 bits per heavy atom. The van der Waals surface area contributed by atoms with E-state index in [-0.39, 0.29) is 11.5 Å². The number of aliphatic hydroxyl groups excluding tert-OH is 1. The molecule has 1 atom stereocenters. The second-order valence-corrected chi connectivity index (χ2v) is 4.34. The summed E-state index contributed by atoms with van der Waals surface area (Å²) < 4.78 is 12.9. The fourth-order valence-electron chi connectivity index (χ4n) is 1.81. The Morgan fingerprint density at radius 3 is 2.75 bits per heavy atom. The van der Waals surface area contributed by atoms with Crippen LogP contribution in [-0.2, 0) is 0 Å². The maximum absolute atomic E-state index is 12.9. The summed E-state index contributed by atoms with van der Waals surface area (Å²) in [6.45, 7) is 0.304. The Morgan fingerprint density at radius 2 is 2.05 bits per heavy atom. The molecule has 1 aromatic heterocycles. The molecule has 2 aromatic rings. The van der Waals surface area contributed by atoms with E-state index in [2.05, 4.69) is 10.3 Å². The number of hydrogen-bond donors (Lipinski definition) is 2. The zero-order chi connectivity index (χ0) is 14.4. The smallest absolute Gasteiger partial charge is 0.251 e. The van der Waals surface area contributed by atoms with Crippen LogP contribution in [-0.4, -0.2) is 22.5 Å². The highest BCUT2D eigenvalue weighted by atomic mass is 19.1. The first-order valence-corrected chi connectivity index (χ1v) is 6.29. The first-order valence-electron chi connectivity index (χ1n) is 6.29. The molecule has 2 rings (SSSR count). The summed E-state index contributed by atoms with van der Waals surface area (Å²) in [5.41, 5.74) is 1.02. The zero-order valence-electron chi connectivity index (χ0n) is 10.8. The highest BCUT2D eigenvalue weighted by molar-refractivity contribution is 5.93. The number of pyridine rings is 1. The minimum atomic E-state index is -0.693. The number of amides is 1. The highest BCUT2D eigenvalue weighted by Gasteiger charge is 2.09. The van der Waals surface area contributed by atoms with E-state index in [9.17, 15) is 14.3 Å². The summed E-state index contributed by atoms with van der Waals surface area (Å²) in [6.07, 6.45) is 0.998. The van der Waals surface area contributed by atoms with Gasteiger partial charge in [-0.2, -0.15) is 4.39 Å². The molecule has 20 heavy (non-hydrogen) atoms. The topological polar surface area (TPSA) is 62.2 Å². The average molecular weight is 274 g/mol. The third-order valence-electron chi connectivity index (χ3n) is 2.88. The van der Waals surface area contributed by atoms with E-state index in [4.69, 9.17) is 0 Å². The van der Waals surface area contributed by atoms with Gasteiger partial charge in [0, 0.05) is 24.4 Å². The van der Waals surface area contributed by atoms with Crippen molar-refractivity contribution >= 4 is 5.91 Å². The number of rotatable bonds is 5. The van der Waals surface area contributed by atoms with Crippen molar-refractivity contribution < 1.29 is 14.3 Å². The van der Waals surface area contributed by atoms with Crippen molar-refractivity contribution in [3.63, 3.8) is 0 Å². The van der Waals surface area contributed by atoms with Crippen molar-refractivity contribution in [3.05, 3.63) is 65.7 Å². The van der Waals surface area contributed by atoms with Gasteiger partial charge in [-0.1, -0.05) is 30.3 Å². The number of nitrogens with zero attached hydrogens (tertiary/aromatic N) is 1. The van der Waals surface area contributed by atoms with Gasteiger partial charge in [0.1, 0.15) is 0 Å². The number of halogens is 1. The van der Waals surface area contributed by atoms with E-state index in [0.717, 1.165) is 11.6 Å². The lowest BCUT2D eigenvalue weighted by atomic mass is 10.1. The van der Waals surface area contributed by atoms with Crippen molar-refractivity contribution in [2.75, 3.05) is 6.54 Å². The number of carbonyl (C=O) groups is 1. The summed E-state index contributed by atoms with van der Waals surface area (Å²) in [4.78, 5) is 15.1. The third kappa shape index (κ3) is 3.86. The van der Waals surface area contributed by atoms with Gasteiger partial charge in [0.05, 0.1) is 6.10 Å². The number of hydrogen-bond acceptors (Lipinski definition) is 3. The van der Waals surface area contributed by atoms with Crippen LogP contribution in [0.15, 0.2) is 48.7 Å². The number of benzene rings is 1. The normalized spacial score (nSPS) is 11.9. The van der Waals surface area contributed by atoms with Crippen molar-refractivity contribution in [2.45, 2.75) is 12.5 Å². The summed E-state index contributed by atoms with van der Waals surface area (Å²) in [7, 11) is 0. The lowest BCUT2D eigenvalue weighted by molar-refractivity contribution is 0.0942. The van der Waals surface area contributed by atoms with E-state index in [1.807, 2.05) is 30.3 Å². The largest absolute Gasteiger partial charge is 0.388 e. The quantitative estimate of drug-likeness (QED) is 0.820. The van der Waals surface area contributed by atoms with Crippen LogP contribution in [0.4, 0.5) is 4.39 Å². The molecular formula is C15H15FN2O2. The second kappa shape index (κ2) is 6.77. The standard InChI is InChI=1S/C15H15FN2O2/c16-14-10-12(6-8-17-14)15(20)18-9-7-13(19)11-4-2-1-3-5-11/h1-6,8,10,13,19H,7,9H2,(H,18,20). The van der Waals surface area contributed by atoms with E-state index in [0.29, 0.717) is 13.0 Å². The fourth-order valence-corrected chi connectivity index (χ4v) is 1.81. The Kier molecular flexibility index (Phi) is 4.79. The fraction of sp³-hybridized carbons (Fsp3) is 0.200. The Balaban J connectivity index is 1.83. The summed E-state index contributed by atoms with van der Waals surface area (Å²) in [5.74, 6) is -1.08. The van der Waals surface area contributed by atoms with Gasteiger partial charge in [-0.25, -0.2) is 4.98 Å². The van der Waals surface area contributed by atoms with Crippen molar-refractivity contribution in [1.82, 2.24) is 10.3 Å². The molecule has 4 nitrogen and oxygen atoms in total. The third-order valence-corrected chi connectivity index (χ3v) is 2.88. The number of carbonyl (C=O) groups excluding carboxylic acids is 1. The van der Waals surface area contributed by atoms with Gasteiger partial charge in [-0.05, 0) is 18.1 Å². The molecule has 0 bridgehead atoms. The molecule has 5 heteroatoms. The van der Waals surface area contributed by atoms with Gasteiger partial charge >= 0.3 is 0 Å². The average Bonchev–Trinajstić information content (AvgIpc) is 2.48. The van der Waals surface area contributed by atoms with E-state index < -0.39 is 12.1 Å². The van der Waals surface area contributed by atoms with E-state index in [1.54, 1.807) is 0 Å². The molecular weight excluding hydrogens is 259 g/mol. The number of aromatic nitrogens is 1. The maximum Gasteiger partial charge on any atom is 0.251 e. The molecule has 0 aliphatic carbocycles. The highest BCUT2D eigenvalue weighted by Crippen LogP contribution is 2.14. The summed E-state index contributed by atoms with van der Waals surface area (Å²) >= 11 is 0. The molecule has 0 saturated carbocycles. The summed E-state index contributed by atoms with van der Waals surface area (Å²) in [6, 6.07) is 11.7. The molecule has 0 aliphatic rings. The van der Waals surface area contributed by atoms with Crippen molar-refractivity contribution in [2.24, 2.45) is 0 Å². The number of aliphatic hydroxyl groups is 1. The predicted molar refractivity (Wildman–Crippen MR) is 72.5 cm³/mol. The molecule has 104 valence electrons. The predicted octanol–water partition coefficient (Wildman–Crippen LogP) is 2.07. The van der Waals surface area contributed by atoms with Crippen LogP contribution in [0.1, 0.15) is 28.4 Å². The molecule has 0 spiro atoms. The Labute approximate surface area is 116 Å². The van der Waals surface area contributed by atoms with E-state index in [1.165, 1.54) is 12.3 Å². The maximum atomic E-state index is 12.9. The number of nitrogens with one attached hydrogen (secondary N) is 1. The van der Waals surface area contributed by atoms with Gasteiger partial charge in [0.2, 0.25) is 5.95 Å². The molecule has 1 heterocycles. The van der Waals surface area contributed by atoms with Crippen molar-refractivity contribution in [3.8, 4) is 0 Å². The van der Waals surface area contributed by atoms with Crippen LogP contribution in [0.25, 0.3) is 0 Å². The second-order valence-electron chi connectivity index (χ2n) is 4.34. The zero-order valence-corrected chi connectivity index (χ0v) is 10.8. The molecule has 0 fully saturated rings. The first-order chi connectivity index (χ1) is 9.66. The SMILES string of the molecule is O=C(NCCC(O)c1ccccc1)c1ccnc(F)c1. The van der Waals surface area contributed by atoms with Gasteiger partial charge in [0.25, 0.3) is 5.91 Å². The van der Waals surface area contributed by atoms with Crippen LogP contribution in [0.5, 0.6) is 0 Å². The minimum Gasteiger partial charge on any atom is -0.388 e. The lowest BCUT2D eigenvalue weighted by Gasteiger charge is -2.11. The van der Waals surface area contributed by atoms with Crippen LogP contribution in [0.3, 0.4) is 0 Å². The minimum absolute atomic E-state index is 0.215. The van der Waals surface area contributed by atoms with Crippen LogP contribution in [0, 0.1) is 5.95 Å². The van der Waals surface area contributed by atoms with Gasteiger partial charge in [-0.3, -0.25) is 4.79 Å².